The Morgan fingerprint density at radius 3 is 2.64 bits per heavy atom. The van der Waals surface area contributed by atoms with Crippen molar-refractivity contribution in [2.75, 3.05) is 0 Å². The lowest BCUT2D eigenvalue weighted by molar-refractivity contribution is 0.172. The Labute approximate surface area is 98.8 Å². The number of hydrogen-bond donors (Lipinski definition) is 0. The molecule has 2 aliphatic rings. The molecule has 0 atom stereocenters. The van der Waals surface area contributed by atoms with Crippen molar-refractivity contribution in [3.8, 4) is 0 Å². The third kappa shape index (κ3) is 1.94. The van der Waals surface area contributed by atoms with Crippen LogP contribution in [-0.4, -0.2) is 26.8 Å². The van der Waals surface area contributed by atoms with E-state index in [4.69, 9.17) is 0 Å². The van der Waals surface area contributed by atoms with E-state index in [-0.39, 0.29) is 5.66 Å². The Kier molecular flexibility index (Phi) is 2.81. The third-order valence-electron chi connectivity index (χ3n) is 3.00. The first kappa shape index (κ1) is 10.4. The van der Waals surface area contributed by atoms with Crippen LogP contribution in [0.1, 0.15) is 39.5 Å². The van der Waals surface area contributed by atoms with Crippen molar-refractivity contribution < 1.29 is 0 Å². The molecule has 4 heteroatoms. The molecule has 2 rings (SSSR count). The standard InChI is InChI=1S/C10H16IN3/c1-10(2)13-9(11)12-7-14(10)8-5-3-4-6-8/h7-8H,3-6H2,1-2H3. The van der Waals surface area contributed by atoms with Crippen LogP contribution in [0.15, 0.2) is 9.98 Å². The Bertz CT molecular complexity index is 277. The van der Waals surface area contributed by atoms with Gasteiger partial charge in [-0.2, -0.15) is 0 Å². The van der Waals surface area contributed by atoms with Crippen LogP contribution in [0.25, 0.3) is 0 Å². The van der Waals surface area contributed by atoms with Crippen LogP contribution in [0.4, 0.5) is 0 Å². The van der Waals surface area contributed by atoms with Crippen molar-refractivity contribution >= 4 is 32.8 Å². The molecule has 78 valence electrons. The molecule has 0 amide bonds. The van der Waals surface area contributed by atoms with Crippen LogP contribution in [0, 0.1) is 0 Å². The van der Waals surface area contributed by atoms with Gasteiger partial charge in [0, 0.05) is 28.6 Å². The molecule has 1 aliphatic carbocycles. The molecule has 0 spiro atoms. The van der Waals surface area contributed by atoms with E-state index >= 15 is 0 Å². The molecule has 1 saturated carbocycles. The van der Waals surface area contributed by atoms with Crippen LogP contribution in [0.3, 0.4) is 0 Å². The van der Waals surface area contributed by atoms with E-state index in [1.165, 1.54) is 25.7 Å². The van der Waals surface area contributed by atoms with Crippen molar-refractivity contribution in [1.29, 1.82) is 0 Å². The summed E-state index contributed by atoms with van der Waals surface area (Å²) in [6.45, 7) is 4.32. The average molecular weight is 305 g/mol. The summed E-state index contributed by atoms with van der Waals surface area (Å²) in [7, 11) is 0. The molecule has 0 unspecified atom stereocenters. The van der Waals surface area contributed by atoms with Gasteiger partial charge in [0.05, 0.1) is 6.34 Å². The highest BCUT2D eigenvalue weighted by Gasteiger charge is 2.33. The van der Waals surface area contributed by atoms with E-state index in [0.29, 0.717) is 6.04 Å². The van der Waals surface area contributed by atoms with Gasteiger partial charge in [-0.05, 0) is 26.7 Å². The topological polar surface area (TPSA) is 28.0 Å². The van der Waals surface area contributed by atoms with Gasteiger partial charge < -0.3 is 4.90 Å². The van der Waals surface area contributed by atoms with Crippen molar-refractivity contribution in [1.82, 2.24) is 4.90 Å². The van der Waals surface area contributed by atoms with E-state index in [0.717, 1.165) is 3.84 Å². The summed E-state index contributed by atoms with van der Waals surface area (Å²) in [6.07, 6.45) is 7.27. The van der Waals surface area contributed by atoms with E-state index < -0.39 is 0 Å². The minimum absolute atomic E-state index is 0.104. The van der Waals surface area contributed by atoms with Gasteiger partial charge in [0.1, 0.15) is 5.66 Å². The fraction of sp³-hybridized carbons (Fsp3) is 0.800. The lowest BCUT2D eigenvalue weighted by Crippen LogP contribution is -2.49. The number of aliphatic imine (C=N–C) groups is 2. The lowest BCUT2D eigenvalue weighted by Gasteiger charge is -2.40. The van der Waals surface area contributed by atoms with Crippen molar-refractivity contribution in [2.24, 2.45) is 9.98 Å². The second-order valence-electron chi connectivity index (χ2n) is 4.47. The SMILES string of the molecule is CC1(C)N=C(I)N=CN1C1CCCC1. The number of amidine groups is 1. The summed E-state index contributed by atoms with van der Waals surface area (Å²) < 4.78 is 0.863. The van der Waals surface area contributed by atoms with Gasteiger partial charge in [0.2, 0.25) is 0 Å². The molecular weight excluding hydrogens is 289 g/mol. The Hall–Kier alpha value is -0.130. The van der Waals surface area contributed by atoms with E-state index in [2.05, 4.69) is 51.3 Å². The number of nitrogens with zero attached hydrogens (tertiary/aromatic N) is 3. The molecule has 1 aliphatic heterocycles. The third-order valence-corrected chi connectivity index (χ3v) is 3.52. The summed E-state index contributed by atoms with van der Waals surface area (Å²) in [6, 6.07) is 0.655. The highest BCUT2D eigenvalue weighted by molar-refractivity contribution is 14.1. The molecule has 1 fully saturated rings. The fourth-order valence-electron chi connectivity index (χ4n) is 2.29. The molecule has 14 heavy (non-hydrogen) atoms. The summed E-state index contributed by atoms with van der Waals surface area (Å²) in [5.41, 5.74) is -0.104. The fourth-order valence-corrected chi connectivity index (χ4v) is 3.00. The second kappa shape index (κ2) is 3.79. The minimum Gasteiger partial charge on any atom is -0.335 e. The zero-order chi connectivity index (χ0) is 10.2. The molecule has 0 saturated heterocycles. The number of rotatable bonds is 1. The summed E-state index contributed by atoms with van der Waals surface area (Å²) >= 11 is 2.18. The van der Waals surface area contributed by atoms with Crippen LogP contribution < -0.4 is 0 Å². The van der Waals surface area contributed by atoms with Gasteiger partial charge in [-0.15, -0.1) is 0 Å². The minimum atomic E-state index is -0.104. The predicted molar refractivity (Wildman–Crippen MR) is 68.1 cm³/mol. The smallest absolute Gasteiger partial charge is 0.189 e. The zero-order valence-electron chi connectivity index (χ0n) is 8.70. The van der Waals surface area contributed by atoms with Gasteiger partial charge in [-0.25, -0.2) is 9.98 Å². The van der Waals surface area contributed by atoms with Gasteiger partial charge in [-0.3, -0.25) is 0 Å². The van der Waals surface area contributed by atoms with Crippen LogP contribution in [0.2, 0.25) is 0 Å². The van der Waals surface area contributed by atoms with Gasteiger partial charge in [0.25, 0.3) is 0 Å². The molecule has 0 bridgehead atoms. The molecular formula is C10H16IN3. The highest BCUT2D eigenvalue weighted by Crippen LogP contribution is 2.30. The van der Waals surface area contributed by atoms with E-state index in [9.17, 15) is 0 Å². The maximum atomic E-state index is 4.57. The first-order valence-electron chi connectivity index (χ1n) is 5.17. The maximum Gasteiger partial charge on any atom is 0.189 e. The van der Waals surface area contributed by atoms with Gasteiger partial charge in [0.15, 0.2) is 3.84 Å². The van der Waals surface area contributed by atoms with Crippen molar-refractivity contribution in [2.45, 2.75) is 51.2 Å². The van der Waals surface area contributed by atoms with E-state index in [1.54, 1.807) is 0 Å². The van der Waals surface area contributed by atoms with Crippen LogP contribution >= 0.6 is 22.6 Å². The van der Waals surface area contributed by atoms with Crippen molar-refractivity contribution in [3.63, 3.8) is 0 Å². The Morgan fingerprint density at radius 1 is 1.43 bits per heavy atom. The van der Waals surface area contributed by atoms with E-state index in [1.807, 2.05) is 6.34 Å². The Balaban J connectivity index is 2.16. The Morgan fingerprint density at radius 2 is 2.07 bits per heavy atom. The molecule has 0 aromatic rings. The number of halogens is 1. The quantitative estimate of drug-likeness (QED) is 0.541. The van der Waals surface area contributed by atoms with Gasteiger partial charge >= 0.3 is 0 Å². The molecule has 0 radical (unpaired) electrons. The molecule has 3 nitrogen and oxygen atoms in total. The molecule has 0 N–H and O–H groups in total. The lowest BCUT2D eigenvalue weighted by atomic mass is 10.1. The zero-order valence-corrected chi connectivity index (χ0v) is 10.9. The highest BCUT2D eigenvalue weighted by atomic mass is 127. The summed E-state index contributed by atoms with van der Waals surface area (Å²) in [5.74, 6) is 0. The molecule has 1 heterocycles. The largest absolute Gasteiger partial charge is 0.335 e. The van der Waals surface area contributed by atoms with Gasteiger partial charge in [-0.1, -0.05) is 12.8 Å². The van der Waals surface area contributed by atoms with Crippen LogP contribution in [-0.2, 0) is 0 Å². The second-order valence-corrected chi connectivity index (χ2v) is 5.43. The first-order chi connectivity index (χ1) is 6.59. The number of hydrogen-bond acceptors (Lipinski definition) is 3. The summed E-state index contributed by atoms with van der Waals surface area (Å²) in [4.78, 5) is 11.2. The van der Waals surface area contributed by atoms with Crippen LogP contribution in [0.5, 0.6) is 0 Å². The molecule has 0 aromatic heterocycles. The monoisotopic (exact) mass is 305 g/mol. The normalized spacial score (nSPS) is 26.8. The first-order valence-corrected chi connectivity index (χ1v) is 6.25. The predicted octanol–water partition coefficient (Wildman–Crippen LogP) is 2.80. The average Bonchev–Trinajstić information content (AvgIpc) is 2.54. The maximum absolute atomic E-state index is 4.57. The van der Waals surface area contributed by atoms with Crippen molar-refractivity contribution in [3.05, 3.63) is 0 Å². The molecule has 0 aromatic carbocycles. The summed E-state index contributed by atoms with van der Waals surface area (Å²) in [5, 5.41) is 0.